The molecule has 1 aromatic carbocycles. The number of anilines is 1. The van der Waals surface area contributed by atoms with Crippen LogP contribution in [0.3, 0.4) is 0 Å². The third kappa shape index (κ3) is 3.32. The molecule has 1 saturated heterocycles. The second-order valence-corrected chi connectivity index (χ2v) is 6.32. The predicted octanol–water partition coefficient (Wildman–Crippen LogP) is 0.818. The molecule has 1 aromatic rings. The SMILES string of the molecule is Nc1cc(C(=O)NC2CCS(=O)CC2)ccc1[N+](=O)[O-]. The molecule has 108 valence electrons. The highest BCUT2D eigenvalue weighted by atomic mass is 32.2. The van der Waals surface area contributed by atoms with Gasteiger partial charge in [0.25, 0.3) is 11.6 Å². The first kappa shape index (κ1) is 14.4. The molecule has 1 amide bonds. The highest BCUT2D eigenvalue weighted by Gasteiger charge is 2.21. The molecular weight excluding hydrogens is 282 g/mol. The number of nitrogen functional groups attached to an aromatic ring is 1. The van der Waals surface area contributed by atoms with Gasteiger partial charge in [-0.3, -0.25) is 19.1 Å². The maximum atomic E-state index is 12.0. The summed E-state index contributed by atoms with van der Waals surface area (Å²) in [6, 6.07) is 3.90. The Hall–Kier alpha value is -1.96. The summed E-state index contributed by atoms with van der Waals surface area (Å²) in [6.07, 6.45) is 1.36. The first-order valence-corrected chi connectivity index (χ1v) is 7.66. The van der Waals surface area contributed by atoms with Crippen LogP contribution >= 0.6 is 0 Å². The lowest BCUT2D eigenvalue weighted by Gasteiger charge is -2.22. The van der Waals surface area contributed by atoms with E-state index in [0.717, 1.165) is 0 Å². The van der Waals surface area contributed by atoms with Gasteiger partial charge in [-0.1, -0.05) is 0 Å². The predicted molar refractivity (Wildman–Crippen MR) is 75.9 cm³/mol. The Balaban J connectivity index is 2.04. The highest BCUT2D eigenvalue weighted by molar-refractivity contribution is 7.85. The molecule has 8 heteroatoms. The van der Waals surface area contributed by atoms with Crippen LogP contribution in [0.5, 0.6) is 0 Å². The Morgan fingerprint density at radius 2 is 2.05 bits per heavy atom. The van der Waals surface area contributed by atoms with Crippen LogP contribution in [0.1, 0.15) is 23.2 Å². The van der Waals surface area contributed by atoms with E-state index in [1.165, 1.54) is 18.2 Å². The average molecular weight is 297 g/mol. The van der Waals surface area contributed by atoms with Gasteiger partial charge in [0.05, 0.1) is 4.92 Å². The van der Waals surface area contributed by atoms with E-state index in [1.807, 2.05) is 0 Å². The number of benzene rings is 1. The van der Waals surface area contributed by atoms with Crippen LogP contribution in [0.4, 0.5) is 11.4 Å². The Morgan fingerprint density at radius 1 is 1.40 bits per heavy atom. The zero-order chi connectivity index (χ0) is 14.7. The smallest absolute Gasteiger partial charge is 0.292 e. The lowest BCUT2D eigenvalue weighted by molar-refractivity contribution is -0.383. The van der Waals surface area contributed by atoms with Crippen molar-refractivity contribution in [1.82, 2.24) is 5.32 Å². The van der Waals surface area contributed by atoms with E-state index in [2.05, 4.69) is 5.32 Å². The first-order chi connectivity index (χ1) is 9.47. The van der Waals surface area contributed by atoms with E-state index in [9.17, 15) is 19.1 Å². The fraction of sp³-hybridized carbons (Fsp3) is 0.417. The summed E-state index contributed by atoms with van der Waals surface area (Å²) < 4.78 is 11.2. The van der Waals surface area contributed by atoms with Crippen LogP contribution in [0.2, 0.25) is 0 Å². The average Bonchev–Trinajstić information content (AvgIpc) is 2.40. The molecule has 1 aliphatic heterocycles. The van der Waals surface area contributed by atoms with Gasteiger partial charge in [-0.05, 0) is 25.0 Å². The van der Waals surface area contributed by atoms with Crippen LogP contribution in [0.25, 0.3) is 0 Å². The fourth-order valence-electron chi connectivity index (χ4n) is 2.07. The summed E-state index contributed by atoms with van der Waals surface area (Å²) in [5.74, 6) is 0.866. The Labute approximate surface area is 118 Å². The van der Waals surface area contributed by atoms with E-state index in [1.54, 1.807) is 0 Å². The molecule has 0 unspecified atom stereocenters. The molecular formula is C12H15N3O4S. The molecule has 0 bridgehead atoms. The van der Waals surface area contributed by atoms with E-state index >= 15 is 0 Å². The molecule has 0 atom stereocenters. The maximum absolute atomic E-state index is 12.0. The van der Waals surface area contributed by atoms with Crippen LogP contribution in [0, 0.1) is 10.1 Å². The third-order valence-corrected chi connectivity index (χ3v) is 4.59. The number of carbonyl (C=O) groups excluding carboxylic acids is 1. The van der Waals surface area contributed by atoms with Crippen molar-refractivity contribution in [3.8, 4) is 0 Å². The topological polar surface area (TPSA) is 115 Å². The second-order valence-electron chi connectivity index (χ2n) is 4.63. The quantitative estimate of drug-likeness (QED) is 0.487. The molecule has 1 aliphatic rings. The number of rotatable bonds is 3. The third-order valence-electron chi connectivity index (χ3n) is 3.21. The zero-order valence-electron chi connectivity index (χ0n) is 10.7. The summed E-state index contributed by atoms with van der Waals surface area (Å²) in [5.41, 5.74) is 5.59. The van der Waals surface area contributed by atoms with Gasteiger partial charge in [-0.15, -0.1) is 0 Å². The minimum absolute atomic E-state index is 0.00313. The molecule has 1 fully saturated rings. The van der Waals surface area contributed by atoms with Crippen LogP contribution in [0.15, 0.2) is 18.2 Å². The van der Waals surface area contributed by atoms with Crippen molar-refractivity contribution in [2.24, 2.45) is 0 Å². The largest absolute Gasteiger partial charge is 0.393 e. The van der Waals surface area contributed by atoms with Crippen molar-refractivity contribution in [1.29, 1.82) is 0 Å². The van der Waals surface area contributed by atoms with Gasteiger partial charge < -0.3 is 11.1 Å². The summed E-state index contributed by atoms with van der Waals surface area (Å²) in [4.78, 5) is 22.1. The summed E-state index contributed by atoms with van der Waals surface area (Å²) in [7, 11) is -0.779. The van der Waals surface area contributed by atoms with Gasteiger partial charge in [0.1, 0.15) is 5.69 Å². The molecule has 20 heavy (non-hydrogen) atoms. The van der Waals surface area contributed by atoms with E-state index in [-0.39, 0.29) is 23.3 Å². The van der Waals surface area contributed by atoms with Crippen LogP contribution < -0.4 is 11.1 Å². The van der Waals surface area contributed by atoms with Gasteiger partial charge in [-0.2, -0.15) is 0 Å². The minimum Gasteiger partial charge on any atom is -0.393 e. The van der Waals surface area contributed by atoms with Crippen molar-refractivity contribution < 1.29 is 13.9 Å². The van der Waals surface area contributed by atoms with Gasteiger partial charge >= 0.3 is 0 Å². The molecule has 2 rings (SSSR count). The molecule has 0 aliphatic carbocycles. The summed E-state index contributed by atoms with van der Waals surface area (Å²) in [6.45, 7) is 0. The molecule has 1 heterocycles. The van der Waals surface area contributed by atoms with Crippen molar-refractivity contribution in [2.45, 2.75) is 18.9 Å². The number of carbonyl (C=O) groups is 1. The van der Waals surface area contributed by atoms with E-state index < -0.39 is 15.7 Å². The number of amides is 1. The van der Waals surface area contributed by atoms with Crippen molar-refractivity contribution in [3.63, 3.8) is 0 Å². The number of hydrogen-bond donors (Lipinski definition) is 2. The zero-order valence-corrected chi connectivity index (χ0v) is 11.5. The molecule has 3 N–H and O–H groups in total. The standard InChI is InChI=1S/C12H15N3O4S/c13-10-7-8(1-2-11(10)15(17)18)12(16)14-9-3-5-20(19)6-4-9/h1-2,7,9H,3-6,13H2,(H,14,16). The molecule has 7 nitrogen and oxygen atoms in total. The Morgan fingerprint density at radius 3 is 2.60 bits per heavy atom. The first-order valence-electron chi connectivity index (χ1n) is 6.17. The van der Waals surface area contributed by atoms with Gasteiger partial charge in [-0.25, -0.2) is 0 Å². The number of nitrogens with zero attached hydrogens (tertiary/aromatic N) is 1. The van der Waals surface area contributed by atoms with Gasteiger partial charge in [0, 0.05) is 40.0 Å². The number of nitrogens with two attached hydrogens (primary N) is 1. The molecule has 0 radical (unpaired) electrons. The Kier molecular flexibility index (Phi) is 4.33. The summed E-state index contributed by atoms with van der Waals surface area (Å²) in [5, 5.41) is 13.5. The lowest BCUT2D eigenvalue weighted by Crippen LogP contribution is -2.39. The Bertz CT molecular complexity index is 566. The van der Waals surface area contributed by atoms with Crippen LogP contribution in [-0.4, -0.2) is 32.6 Å². The van der Waals surface area contributed by atoms with Crippen molar-refractivity contribution >= 4 is 28.1 Å². The minimum atomic E-state index is -0.779. The number of nitro groups is 1. The number of nitrogens with one attached hydrogen (secondary N) is 1. The molecule has 0 aromatic heterocycles. The van der Waals surface area contributed by atoms with E-state index in [0.29, 0.717) is 29.9 Å². The second kappa shape index (κ2) is 6.00. The maximum Gasteiger partial charge on any atom is 0.292 e. The number of nitro benzene ring substituents is 1. The van der Waals surface area contributed by atoms with Crippen molar-refractivity contribution in [3.05, 3.63) is 33.9 Å². The highest BCUT2D eigenvalue weighted by Crippen LogP contribution is 2.22. The molecule has 0 saturated carbocycles. The number of hydrogen-bond acceptors (Lipinski definition) is 5. The van der Waals surface area contributed by atoms with Gasteiger partial charge in [0.15, 0.2) is 0 Å². The fourth-order valence-corrected chi connectivity index (χ4v) is 3.37. The lowest BCUT2D eigenvalue weighted by atomic mass is 10.1. The van der Waals surface area contributed by atoms with Crippen LogP contribution in [-0.2, 0) is 10.8 Å². The molecule has 0 spiro atoms. The van der Waals surface area contributed by atoms with Gasteiger partial charge in [0.2, 0.25) is 0 Å². The monoisotopic (exact) mass is 297 g/mol. The van der Waals surface area contributed by atoms with E-state index in [4.69, 9.17) is 5.73 Å². The summed E-state index contributed by atoms with van der Waals surface area (Å²) >= 11 is 0. The van der Waals surface area contributed by atoms with Crippen molar-refractivity contribution in [2.75, 3.05) is 17.2 Å². The normalized spacial score (nSPS) is 22.2.